The van der Waals surface area contributed by atoms with Crippen LogP contribution in [-0.2, 0) is 5.41 Å². The summed E-state index contributed by atoms with van der Waals surface area (Å²) in [5.74, 6) is 2.54. The number of fused-ring (bicyclic) bond motifs is 2. The van der Waals surface area contributed by atoms with Crippen LogP contribution >= 0.6 is 10.8 Å². The lowest BCUT2D eigenvalue weighted by Crippen LogP contribution is -2.62. The molecule has 0 spiro atoms. The molecule has 6 nitrogen and oxygen atoms in total. The van der Waals surface area contributed by atoms with Crippen LogP contribution in [-0.4, -0.2) is 38.2 Å². The Hall–Kier alpha value is -2.53. The van der Waals surface area contributed by atoms with Gasteiger partial charge in [-0.25, -0.2) is 0 Å². The van der Waals surface area contributed by atoms with Crippen LogP contribution in [0.15, 0.2) is 46.9 Å². The number of amidine groups is 1. The van der Waals surface area contributed by atoms with Crippen LogP contribution in [0.1, 0.15) is 42.4 Å². The number of benzene rings is 2. The van der Waals surface area contributed by atoms with E-state index in [0.29, 0.717) is 35.4 Å². The number of nitriles is 1. The van der Waals surface area contributed by atoms with Crippen molar-refractivity contribution < 1.29 is 13.8 Å². The molecular weight excluding hydrogens is 398 g/mol. The van der Waals surface area contributed by atoms with E-state index in [0.717, 1.165) is 42.6 Å². The van der Waals surface area contributed by atoms with Crippen LogP contribution in [0.5, 0.6) is 11.5 Å². The van der Waals surface area contributed by atoms with Crippen LogP contribution in [0, 0.1) is 18.3 Å². The van der Waals surface area contributed by atoms with Gasteiger partial charge in [0.2, 0.25) is 0 Å². The molecule has 3 aliphatic heterocycles. The Balaban J connectivity index is 1.45. The molecule has 0 amide bonds. The van der Waals surface area contributed by atoms with E-state index in [4.69, 9.17) is 4.74 Å². The maximum atomic E-state index is 10.3. The largest absolute Gasteiger partial charge is 0.457 e. The summed E-state index contributed by atoms with van der Waals surface area (Å²) in [6.07, 6.45) is 4.17. The van der Waals surface area contributed by atoms with E-state index in [1.165, 1.54) is 0 Å². The normalized spacial score (nSPS) is 27.6. The van der Waals surface area contributed by atoms with E-state index >= 15 is 0 Å². The summed E-state index contributed by atoms with van der Waals surface area (Å²) < 4.78 is 30.9. The van der Waals surface area contributed by atoms with E-state index < -0.39 is 10.8 Å². The highest BCUT2D eigenvalue weighted by atomic mass is 32.3. The zero-order valence-corrected chi connectivity index (χ0v) is 17.7. The van der Waals surface area contributed by atoms with Crippen molar-refractivity contribution in [2.24, 2.45) is 4.40 Å². The number of ether oxygens (including phenoxy) is 1. The van der Waals surface area contributed by atoms with Gasteiger partial charge in [-0.15, -0.1) is 4.40 Å². The monoisotopic (exact) mass is 423 g/mol. The smallest absolute Gasteiger partial charge is 0.135 e. The van der Waals surface area contributed by atoms with Gasteiger partial charge in [0, 0.05) is 12.6 Å². The fraction of sp³-hybridized carbons (Fsp3) is 0.391. The van der Waals surface area contributed by atoms with E-state index in [1.54, 1.807) is 6.07 Å². The third kappa shape index (κ3) is 3.16. The molecule has 6 rings (SSSR count). The molecule has 4 aliphatic rings. The van der Waals surface area contributed by atoms with Crippen LogP contribution < -0.4 is 4.74 Å². The second-order valence-electron chi connectivity index (χ2n) is 8.47. The van der Waals surface area contributed by atoms with Crippen molar-refractivity contribution in [1.29, 1.82) is 5.26 Å². The number of hydrogen-bond donors (Lipinski definition) is 2. The van der Waals surface area contributed by atoms with Crippen molar-refractivity contribution in [3.8, 4) is 17.6 Å². The minimum Gasteiger partial charge on any atom is -0.457 e. The van der Waals surface area contributed by atoms with E-state index in [1.807, 2.05) is 31.2 Å². The number of rotatable bonds is 3. The summed E-state index contributed by atoms with van der Waals surface area (Å²) in [4.78, 5) is 2.31. The molecule has 2 N–H and O–H groups in total. The number of hydrogen-bond acceptors (Lipinski definition) is 6. The average molecular weight is 424 g/mol. The van der Waals surface area contributed by atoms with E-state index in [-0.39, 0.29) is 5.41 Å². The Bertz CT molecular complexity index is 1050. The Kier molecular flexibility index (Phi) is 4.55. The third-order valence-electron chi connectivity index (χ3n) is 6.76. The molecule has 2 aromatic rings. The number of aryl methyl sites for hydroxylation is 1. The maximum absolute atomic E-state index is 10.3. The highest BCUT2D eigenvalue weighted by Crippen LogP contribution is 2.54. The molecule has 1 saturated carbocycles. The van der Waals surface area contributed by atoms with Gasteiger partial charge in [-0.3, -0.25) is 9.11 Å². The lowest BCUT2D eigenvalue weighted by molar-refractivity contribution is 0.150. The second-order valence-corrected chi connectivity index (χ2v) is 10.3. The molecule has 30 heavy (non-hydrogen) atoms. The van der Waals surface area contributed by atoms with Crippen molar-refractivity contribution in [1.82, 2.24) is 4.90 Å². The zero-order chi connectivity index (χ0) is 20.9. The summed E-state index contributed by atoms with van der Waals surface area (Å²) in [5, 5.41) is 9.23. The molecule has 1 aliphatic carbocycles. The van der Waals surface area contributed by atoms with Crippen LogP contribution in [0.4, 0.5) is 0 Å². The minimum absolute atomic E-state index is 0.255. The summed E-state index contributed by atoms with van der Waals surface area (Å²) in [7, 11) is -2.89. The number of nitrogens with zero attached hydrogens (tertiary/aromatic N) is 3. The zero-order valence-electron chi connectivity index (χ0n) is 16.9. The summed E-state index contributed by atoms with van der Waals surface area (Å²) in [6.45, 7) is 2.57. The Labute approximate surface area is 178 Å². The molecule has 3 heterocycles. The standard InChI is InChI=1S/C23H25N3O3S/c1-16-2-5-21(14-17(16)15-24)29-20-6-3-18(4-7-20)23-10-8-19(9-11-23)26-12-13-30(27,28)25-22(23)26/h2-7,14,19,27-28H,8-13H2,1H3. The van der Waals surface area contributed by atoms with Gasteiger partial charge >= 0.3 is 0 Å². The lowest BCUT2D eigenvalue weighted by atomic mass is 9.63. The van der Waals surface area contributed by atoms with Gasteiger partial charge in [0.15, 0.2) is 0 Å². The predicted molar refractivity (Wildman–Crippen MR) is 118 cm³/mol. The molecule has 7 heteroatoms. The maximum Gasteiger partial charge on any atom is 0.135 e. The first kappa shape index (κ1) is 19.4. The van der Waals surface area contributed by atoms with Gasteiger partial charge in [-0.1, -0.05) is 29.0 Å². The first-order chi connectivity index (χ1) is 14.4. The quantitative estimate of drug-likeness (QED) is 0.705. The molecule has 3 fully saturated rings. The van der Waals surface area contributed by atoms with E-state index in [9.17, 15) is 14.4 Å². The summed E-state index contributed by atoms with van der Waals surface area (Å²) in [6, 6.07) is 16.2. The highest BCUT2D eigenvalue weighted by Gasteiger charge is 2.52. The molecule has 156 valence electrons. The lowest BCUT2D eigenvalue weighted by Gasteiger charge is -2.57. The summed E-state index contributed by atoms with van der Waals surface area (Å²) >= 11 is 0. The molecule has 0 atom stereocenters. The third-order valence-corrected chi connectivity index (χ3v) is 7.96. The van der Waals surface area contributed by atoms with Gasteiger partial charge < -0.3 is 9.64 Å². The molecule has 2 bridgehead atoms. The molecule has 0 unspecified atom stereocenters. The van der Waals surface area contributed by atoms with Crippen LogP contribution in [0.2, 0.25) is 0 Å². The predicted octanol–water partition coefficient (Wildman–Crippen LogP) is 5.23. The van der Waals surface area contributed by atoms with Crippen LogP contribution in [0.25, 0.3) is 0 Å². The van der Waals surface area contributed by atoms with Gasteiger partial charge in [-0.2, -0.15) is 5.26 Å². The Morgan fingerprint density at radius 3 is 2.53 bits per heavy atom. The molecular formula is C23H25N3O3S. The topological polar surface area (TPSA) is 89.1 Å². The van der Waals surface area contributed by atoms with Crippen molar-refractivity contribution in [2.75, 3.05) is 12.3 Å². The molecule has 2 aromatic carbocycles. The van der Waals surface area contributed by atoms with Crippen LogP contribution in [0.3, 0.4) is 0 Å². The SMILES string of the molecule is Cc1ccc(Oc2ccc(C34CCC(CC3)N3CCS(O)(O)N=C34)cc2)cc1C#N. The molecule has 0 aromatic heterocycles. The minimum atomic E-state index is -2.89. The average Bonchev–Trinajstić information content (AvgIpc) is 2.75. The fourth-order valence-corrected chi connectivity index (χ4v) is 6.18. The van der Waals surface area contributed by atoms with Crippen molar-refractivity contribution >= 4 is 16.6 Å². The Morgan fingerprint density at radius 2 is 1.83 bits per heavy atom. The van der Waals surface area contributed by atoms with Crippen molar-refractivity contribution in [3.63, 3.8) is 0 Å². The van der Waals surface area contributed by atoms with Gasteiger partial charge in [-0.05, 0) is 68.0 Å². The van der Waals surface area contributed by atoms with Crippen molar-refractivity contribution in [3.05, 3.63) is 59.2 Å². The van der Waals surface area contributed by atoms with Gasteiger partial charge in [0.1, 0.15) is 17.3 Å². The molecule has 0 radical (unpaired) electrons. The van der Waals surface area contributed by atoms with Gasteiger partial charge in [0.25, 0.3) is 0 Å². The van der Waals surface area contributed by atoms with Gasteiger partial charge in [0.05, 0.1) is 22.8 Å². The summed E-state index contributed by atoms with van der Waals surface area (Å²) in [5.41, 5.74) is 2.43. The fourth-order valence-electron chi connectivity index (χ4n) is 5.09. The first-order valence-electron chi connectivity index (χ1n) is 10.3. The first-order valence-corrected chi connectivity index (χ1v) is 12.0. The second kappa shape index (κ2) is 7.02. The number of piperidine rings is 2. The van der Waals surface area contributed by atoms with E-state index in [2.05, 4.69) is 27.5 Å². The van der Waals surface area contributed by atoms with Crippen molar-refractivity contribution in [2.45, 2.75) is 44.1 Å². The molecule has 2 saturated heterocycles. The highest BCUT2D eigenvalue weighted by molar-refractivity contribution is 8.23. The Morgan fingerprint density at radius 1 is 1.13 bits per heavy atom.